The fourth-order valence-corrected chi connectivity index (χ4v) is 2.40. The van der Waals surface area contributed by atoms with Crippen molar-refractivity contribution in [3.05, 3.63) is 29.7 Å². The maximum atomic E-state index is 12.4. The van der Waals surface area contributed by atoms with Gasteiger partial charge in [-0.25, -0.2) is 4.98 Å². The molecule has 22 heavy (non-hydrogen) atoms. The molecule has 2 heterocycles. The van der Waals surface area contributed by atoms with E-state index in [9.17, 15) is 4.79 Å². The second-order valence-corrected chi connectivity index (χ2v) is 5.09. The molecule has 0 saturated heterocycles. The van der Waals surface area contributed by atoms with Crippen LogP contribution in [0.1, 0.15) is 42.4 Å². The summed E-state index contributed by atoms with van der Waals surface area (Å²) in [7, 11) is 0. The van der Waals surface area contributed by atoms with Gasteiger partial charge in [0.15, 0.2) is 11.4 Å². The molecule has 0 bridgehead atoms. The molecule has 2 rings (SSSR count). The van der Waals surface area contributed by atoms with E-state index >= 15 is 0 Å². The monoisotopic (exact) mass is 305 g/mol. The van der Waals surface area contributed by atoms with Crippen LogP contribution in [-0.4, -0.2) is 40.2 Å². The van der Waals surface area contributed by atoms with Gasteiger partial charge >= 0.3 is 0 Å². The average molecular weight is 305 g/mol. The van der Waals surface area contributed by atoms with Gasteiger partial charge in [0, 0.05) is 19.3 Å². The molecule has 6 nitrogen and oxygen atoms in total. The number of aryl methyl sites for hydroxylation is 1. The van der Waals surface area contributed by atoms with Gasteiger partial charge in [-0.2, -0.15) is 0 Å². The highest BCUT2D eigenvalue weighted by molar-refractivity contribution is 5.94. The minimum atomic E-state index is -0.136. The van der Waals surface area contributed by atoms with Crippen LogP contribution in [0.4, 0.5) is 0 Å². The molecule has 0 aromatic carbocycles. The largest absolute Gasteiger partial charge is 0.490 e. The number of hydrogen-bond acceptors (Lipinski definition) is 4. The van der Waals surface area contributed by atoms with Gasteiger partial charge in [0.25, 0.3) is 5.91 Å². The van der Waals surface area contributed by atoms with Crippen molar-refractivity contribution in [1.29, 1.82) is 0 Å². The maximum absolute atomic E-state index is 12.4. The highest BCUT2D eigenvalue weighted by atomic mass is 16.5. The molecule has 0 aliphatic carbocycles. The molecule has 0 aliphatic heterocycles. The Balaban J connectivity index is 2.15. The third-order valence-electron chi connectivity index (χ3n) is 3.42. The van der Waals surface area contributed by atoms with Crippen LogP contribution in [0.3, 0.4) is 0 Å². The number of rotatable bonds is 8. The number of fused-ring (bicyclic) bond motifs is 1. The van der Waals surface area contributed by atoms with Crippen LogP contribution in [0.15, 0.2) is 18.3 Å². The molecule has 0 radical (unpaired) electrons. The van der Waals surface area contributed by atoms with Gasteiger partial charge in [0.1, 0.15) is 5.69 Å². The van der Waals surface area contributed by atoms with Crippen molar-refractivity contribution in [2.75, 3.05) is 19.8 Å². The van der Waals surface area contributed by atoms with E-state index in [1.807, 2.05) is 32.2 Å². The van der Waals surface area contributed by atoms with Crippen molar-refractivity contribution in [1.82, 2.24) is 14.7 Å². The van der Waals surface area contributed by atoms with Crippen molar-refractivity contribution in [3.63, 3.8) is 0 Å². The molecule has 0 aliphatic rings. The Bertz CT molecular complexity index is 637. The number of carbonyl (C=O) groups excluding carboxylic acids is 1. The quantitative estimate of drug-likeness (QED) is 0.731. The van der Waals surface area contributed by atoms with Crippen LogP contribution in [0.25, 0.3) is 5.65 Å². The van der Waals surface area contributed by atoms with Crippen LogP contribution in [0.2, 0.25) is 0 Å². The summed E-state index contributed by atoms with van der Waals surface area (Å²) >= 11 is 0. The van der Waals surface area contributed by atoms with E-state index in [1.54, 1.807) is 4.40 Å². The van der Waals surface area contributed by atoms with Gasteiger partial charge in [0.05, 0.1) is 12.3 Å². The molecular formula is C16H23N3O3. The number of nitrogens with one attached hydrogen (secondary N) is 1. The predicted octanol–water partition coefficient (Wildman–Crippen LogP) is 1.93. The van der Waals surface area contributed by atoms with Crippen molar-refractivity contribution < 1.29 is 14.6 Å². The lowest BCUT2D eigenvalue weighted by molar-refractivity contribution is 0.0946. The van der Waals surface area contributed by atoms with E-state index in [2.05, 4.69) is 10.3 Å². The van der Waals surface area contributed by atoms with Crippen molar-refractivity contribution in [3.8, 4) is 5.75 Å². The molecule has 120 valence electrons. The molecule has 1 amide bonds. The number of unbranched alkanes of at least 4 members (excludes halogenated alkanes) is 2. The fourth-order valence-electron chi connectivity index (χ4n) is 2.40. The van der Waals surface area contributed by atoms with Gasteiger partial charge in [0.2, 0.25) is 0 Å². The molecule has 2 aromatic heterocycles. The highest BCUT2D eigenvalue weighted by Gasteiger charge is 2.18. The number of pyridine rings is 1. The number of aromatic nitrogens is 2. The summed E-state index contributed by atoms with van der Waals surface area (Å²) in [5.74, 6) is 0.540. The molecule has 0 atom stereocenters. The Hall–Kier alpha value is -2.08. The van der Waals surface area contributed by atoms with Gasteiger partial charge in [-0.05, 0) is 45.2 Å². The number of hydrogen-bond donors (Lipinski definition) is 2. The van der Waals surface area contributed by atoms with E-state index < -0.39 is 0 Å². The maximum Gasteiger partial charge on any atom is 0.270 e. The van der Waals surface area contributed by atoms with Gasteiger partial charge in [-0.1, -0.05) is 0 Å². The van der Waals surface area contributed by atoms with Gasteiger partial charge < -0.3 is 15.2 Å². The minimum absolute atomic E-state index is 0.136. The molecule has 0 fully saturated rings. The van der Waals surface area contributed by atoms with Crippen LogP contribution in [0.5, 0.6) is 5.75 Å². The number of nitrogens with zero attached hydrogens (tertiary/aromatic N) is 2. The third kappa shape index (κ3) is 3.57. The highest BCUT2D eigenvalue weighted by Crippen LogP contribution is 2.21. The van der Waals surface area contributed by atoms with Gasteiger partial charge in [-0.3, -0.25) is 9.20 Å². The first-order chi connectivity index (χ1) is 10.7. The summed E-state index contributed by atoms with van der Waals surface area (Å²) in [5, 5.41) is 11.6. The summed E-state index contributed by atoms with van der Waals surface area (Å²) in [5.41, 5.74) is 1.88. The van der Waals surface area contributed by atoms with E-state index in [-0.39, 0.29) is 12.5 Å². The van der Waals surface area contributed by atoms with Crippen molar-refractivity contribution >= 4 is 11.6 Å². The lowest BCUT2D eigenvalue weighted by Gasteiger charge is -2.07. The summed E-state index contributed by atoms with van der Waals surface area (Å²) in [6, 6.07) is 3.69. The van der Waals surface area contributed by atoms with Crippen LogP contribution in [0, 0.1) is 6.92 Å². The van der Waals surface area contributed by atoms with Gasteiger partial charge in [-0.15, -0.1) is 0 Å². The van der Waals surface area contributed by atoms with Crippen LogP contribution in [-0.2, 0) is 0 Å². The first kappa shape index (κ1) is 16.3. The average Bonchev–Trinajstić information content (AvgIpc) is 2.84. The zero-order chi connectivity index (χ0) is 15.9. The summed E-state index contributed by atoms with van der Waals surface area (Å²) in [6.07, 6.45) is 4.34. The minimum Gasteiger partial charge on any atom is -0.490 e. The number of amides is 1. The second-order valence-electron chi connectivity index (χ2n) is 5.09. The molecular weight excluding hydrogens is 282 g/mol. The third-order valence-corrected chi connectivity index (χ3v) is 3.42. The number of ether oxygens (including phenoxy) is 1. The number of imidazole rings is 1. The topological polar surface area (TPSA) is 75.9 Å². The smallest absolute Gasteiger partial charge is 0.270 e. The molecule has 0 saturated carbocycles. The van der Waals surface area contributed by atoms with Crippen molar-refractivity contribution in [2.24, 2.45) is 0 Å². The van der Waals surface area contributed by atoms with Crippen LogP contribution < -0.4 is 10.1 Å². The fraction of sp³-hybridized carbons (Fsp3) is 0.500. The van der Waals surface area contributed by atoms with E-state index in [4.69, 9.17) is 9.84 Å². The Morgan fingerprint density at radius 2 is 2.23 bits per heavy atom. The summed E-state index contributed by atoms with van der Waals surface area (Å²) in [6.45, 7) is 5.08. The number of aliphatic hydroxyl groups is 1. The van der Waals surface area contributed by atoms with E-state index in [0.29, 0.717) is 35.9 Å². The molecule has 2 N–H and O–H groups in total. The SMILES string of the molecule is CCOc1cccn2c(C(=O)NCCCCCO)c(C)nc12. The molecule has 6 heteroatoms. The van der Waals surface area contributed by atoms with E-state index in [0.717, 1.165) is 19.3 Å². The summed E-state index contributed by atoms with van der Waals surface area (Å²) < 4.78 is 7.32. The Labute approximate surface area is 130 Å². The standard InChI is InChI=1S/C16H23N3O3/c1-3-22-13-8-7-10-19-14(12(2)18-15(13)19)16(21)17-9-5-4-6-11-20/h7-8,10,20H,3-6,9,11H2,1-2H3,(H,17,21). The lowest BCUT2D eigenvalue weighted by Crippen LogP contribution is -2.26. The predicted molar refractivity (Wildman–Crippen MR) is 84.4 cm³/mol. The normalized spacial score (nSPS) is 10.9. The Kier molecular flexibility index (Phi) is 5.77. The zero-order valence-corrected chi connectivity index (χ0v) is 13.1. The first-order valence-corrected chi connectivity index (χ1v) is 7.68. The van der Waals surface area contributed by atoms with Crippen molar-refractivity contribution in [2.45, 2.75) is 33.1 Å². The lowest BCUT2D eigenvalue weighted by atomic mass is 10.2. The Morgan fingerprint density at radius 1 is 1.41 bits per heavy atom. The molecule has 0 unspecified atom stereocenters. The first-order valence-electron chi connectivity index (χ1n) is 7.68. The Morgan fingerprint density at radius 3 is 2.95 bits per heavy atom. The summed E-state index contributed by atoms with van der Waals surface area (Å²) in [4.78, 5) is 16.8. The van der Waals surface area contributed by atoms with Crippen LogP contribution >= 0.6 is 0 Å². The molecule has 0 spiro atoms. The van der Waals surface area contributed by atoms with E-state index in [1.165, 1.54) is 0 Å². The number of carbonyl (C=O) groups is 1. The number of aliphatic hydroxyl groups excluding tert-OH is 1. The molecule has 2 aromatic rings. The zero-order valence-electron chi connectivity index (χ0n) is 13.1. The second kappa shape index (κ2) is 7.79.